The second-order valence-corrected chi connectivity index (χ2v) is 8.15. The number of nitrogens with one attached hydrogen (secondary N) is 1. The third kappa shape index (κ3) is 2.74. The Kier molecular flexibility index (Phi) is 4.35. The Balaban J connectivity index is 1.99. The molecule has 1 N–H and O–H groups in total. The lowest BCUT2D eigenvalue weighted by atomic mass is 10.0. The van der Waals surface area contributed by atoms with Gasteiger partial charge in [0, 0.05) is 0 Å². The zero-order valence-electron chi connectivity index (χ0n) is 10.8. The zero-order valence-corrected chi connectivity index (χ0v) is 14.8. The molecule has 0 aliphatic carbocycles. The predicted octanol–water partition coefficient (Wildman–Crippen LogP) is 4.35. The first-order valence-corrected chi connectivity index (χ1v) is 8.61. The van der Waals surface area contributed by atoms with Gasteiger partial charge in [0.05, 0.1) is 13.6 Å². The topological polar surface area (TPSA) is 30.5 Å². The van der Waals surface area contributed by atoms with E-state index in [4.69, 9.17) is 9.47 Å². The number of ether oxygens (including phenoxy) is 2. The maximum Gasteiger partial charge on any atom is 0.161 e. The van der Waals surface area contributed by atoms with E-state index < -0.39 is 0 Å². The van der Waals surface area contributed by atoms with Gasteiger partial charge in [-0.05, 0) is 68.2 Å². The van der Waals surface area contributed by atoms with Crippen molar-refractivity contribution in [2.24, 2.45) is 0 Å². The molecule has 2 aromatic rings. The summed E-state index contributed by atoms with van der Waals surface area (Å²) in [5, 5.41) is 3.36. The van der Waals surface area contributed by atoms with Crippen LogP contribution in [0.25, 0.3) is 0 Å². The maximum absolute atomic E-state index is 5.66. The van der Waals surface area contributed by atoms with Crippen LogP contribution in [-0.2, 0) is 0 Å². The van der Waals surface area contributed by atoms with Crippen molar-refractivity contribution >= 4 is 43.2 Å². The summed E-state index contributed by atoms with van der Waals surface area (Å²) in [6.07, 6.45) is 0. The van der Waals surface area contributed by atoms with E-state index in [2.05, 4.69) is 49.3 Å². The van der Waals surface area contributed by atoms with Crippen LogP contribution in [0.15, 0.2) is 31.8 Å². The van der Waals surface area contributed by atoms with E-state index in [1.165, 1.54) is 5.56 Å². The van der Waals surface area contributed by atoms with Gasteiger partial charge in [-0.25, -0.2) is 0 Å². The van der Waals surface area contributed by atoms with Gasteiger partial charge in [0.2, 0.25) is 0 Å². The Bertz CT molecular complexity index is 630. The van der Waals surface area contributed by atoms with Crippen molar-refractivity contribution in [1.29, 1.82) is 0 Å². The Hall–Kier alpha value is -0.560. The Labute approximate surface area is 138 Å². The molecule has 0 bridgehead atoms. The Morgan fingerprint density at radius 3 is 2.55 bits per heavy atom. The highest BCUT2D eigenvalue weighted by molar-refractivity contribution is 9.12. The molecular weight excluding hydrogens is 406 g/mol. The summed E-state index contributed by atoms with van der Waals surface area (Å²) in [7, 11) is 1.96. The summed E-state index contributed by atoms with van der Waals surface area (Å²) in [5.41, 5.74) is 2.36. The second kappa shape index (κ2) is 6.05. The number of thiophene rings is 1. The van der Waals surface area contributed by atoms with Crippen LogP contribution in [0.3, 0.4) is 0 Å². The number of fused-ring (bicyclic) bond motifs is 1. The lowest BCUT2D eigenvalue weighted by Crippen LogP contribution is -2.19. The maximum atomic E-state index is 5.66. The molecule has 1 unspecified atom stereocenters. The quantitative estimate of drug-likeness (QED) is 0.803. The van der Waals surface area contributed by atoms with E-state index >= 15 is 0 Å². The van der Waals surface area contributed by atoms with Crippen molar-refractivity contribution in [3.63, 3.8) is 0 Å². The number of hydrogen-bond acceptors (Lipinski definition) is 4. The lowest BCUT2D eigenvalue weighted by Gasteiger charge is -2.22. The van der Waals surface area contributed by atoms with Crippen LogP contribution in [0.2, 0.25) is 0 Å². The molecule has 0 saturated carbocycles. The number of rotatable bonds is 3. The molecule has 1 aliphatic heterocycles. The molecular formula is C14H13Br2NO2S. The fraction of sp³-hybridized carbons (Fsp3) is 0.286. The third-order valence-electron chi connectivity index (χ3n) is 3.18. The minimum atomic E-state index is 0.114. The van der Waals surface area contributed by atoms with Gasteiger partial charge in [-0.15, -0.1) is 11.3 Å². The first-order chi connectivity index (χ1) is 9.69. The van der Waals surface area contributed by atoms with Crippen LogP contribution in [-0.4, -0.2) is 20.3 Å². The molecule has 20 heavy (non-hydrogen) atoms. The van der Waals surface area contributed by atoms with Crippen molar-refractivity contribution in [2.75, 3.05) is 20.3 Å². The SMILES string of the molecule is CNC(c1ccc2c(c1)OCCO2)c1cc(Br)sc1Br. The van der Waals surface area contributed by atoms with Crippen LogP contribution in [0.5, 0.6) is 11.5 Å². The van der Waals surface area contributed by atoms with Crippen molar-refractivity contribution in [2.45, 2.75) is 6.04 Å². The molecule has 0 amide bonds. The molecule has 0 spiro atoms. The molecule has 2 heterocycles. The summed E-state index contributed by atoms with van der Waals surface area (Å²) in [6, 6.07) is 8.35. The van der Waals surface area contributed by atoms with Gasteiger partial charge >= 0.3 is 0 Å². The molecule has 1 aliphatic rings. The van der Waals surface area contributed by atoms with Gasteiger partial charge in [0.25, 0.3) is 0 Å². The largest absolute Gasteiger partial charge is 0.486 e. The van der Waals surface area contributed by atoms with E-state index in [9.17, 15) is 0 Å². The number of halogens is 2. The van der Waals surface area contributed by atoms with E-state index in [1.54, 1.807) is 11.3 Å². The summed E-state index contributed by atoms with van der Waals surface area (Å²) < 4.78 is 13.5. The molecule has 1 atom stereocenters. The molecule has 0 saturated heterocycles. The number of benzene rings is 1. The fourth-order valence-corrected chi connectivity index (χ4v) is 5.19. The fourth-order valence-electron chi connectivity index (χ4n) is 2.29. The molecule has 3 rings (SSSR count). The van der Waals surface area contributed by atoms with Gasteiger partial charge in [-0.3, -0.25) is 0 Å². The summed E-state index contributed by atoms with van der Waals surface area (Å²) >= 11 is 8.83. The van der Waals surface area contributed by atoms with Gasteiger partial charge in [-0.2, -0.15) is 0 Å². The van der Waals surface area contributed by atoms with E-state index in [0.717, 1.165) is 24.6 Å². The lowest BCUT2D eigenvalue weighted by molar-refractivity contribution is 0.171. The van der Waals surface area contributed by atoms with Gasteiger partial charge in [0.1, 0.15) is 13.2 Å². The average molecular weight is 419 g/mol. The highest BCUT2D eigenvalue weighted by atomic mass is 79.9. The van der Waals surface area contributed by atoms with Crippen molar-refractivity contribution < 1.29 is 9.47 Å². The summed E-state index contributed by atoms with van der Waals surface area (Å²) in [5.74, 6) is 1.64. The van der Waals surface area contributed by atoms with E-state index in [0.29, 0.717) is 13.2 Å². The van der Waals surface area contributed by atoms with Crippen LogP contribution in [0.1, 0.15) is 17.2 Å². The van der Waals surface area contributed by atoms with Crippen LogP contribution in [0.4, 0.5) is 0 Å². The smallest absolute Gasteiger partial charge is 0.161 e. The van der Waals surface area contributed by atoms with Gasteiger partial charge in [-0.1, -0.05) is 6.07 Å². The second-order valence-electron chi connectivity index (χ2n) is 4.40. The Morgan fingerprint density at radius 1 is 1.15 bits per heavy atom. The standard InChI is InChI=1S/C14H13Br2NO2S/c1-17-13(9-7-12(15)20-14(9)16)8-2-3-10-11(6-8)19-5-4-18-10/h2-3,6-7,13,17H,4-5H2,1H3. The highest BCUT2D eigenvalue weighted by Crippen LogP contribution is 2.40. The van der Waals surface area contributed by atoms with Gasteiger partial charge < -0.3 is 14.8 Å². The van der Waals surface area contributed by atoms with Gasteiger partial charge in [0.15, 0.2) is 11.5 Å². The molecule has 106 valence electrons. The van der Waals surface area contributed by atoms with Crippen LogP contribution in [0, 0.1) is 0 Å². The first-order valence-electron chi connectivity index (χ1n) is 6.20. The minimum absolute atomic E-state index is 0.114. The molecule has 1 aromatic heterocycles. The molecule has 6 heteroatoms. The third-order valence-corrected chi connectivity index (χ3v) is 5.57. The monoisotopic (exact) mass is 417 g/mol. The van der Waals surface area contributed by atoms with Crippen LogP contribution < -0.4 is 14.8 Å². The zero-order chi connectivity index (χ0) is 14.1. The minimum Gasteiger partial charge on any atom is -0.486 e. The highest BCUT2D eigenvalue weighted by Gasteiger charge is 2.20. The summed E-state index contributed by atoms with van der Waals surface area (Å²) in [4.78, 5) is 0. The summed E-state index contributed by atoms with van der Waals surface area (Å²) in [6.45, 7) is 1.22. The van der Waals surface area contributed by atoms with E-state index in [-0.39, 0.29) is 6.04 Å². The van der Waals surface area contributed by atoms with E-state index in [1.807, 2.05) is 19.2 Å². The van der Waals surface area contributed by atoms with Crippen LogP contribution >= 0.6 is 43.2 Å². The average Bonchev–Trinajstić information content (AvgIpc) is 2.78. The normalized spacial score (nSPS) is 15.2. The van der Waals surface area contributed by atoms with Crippen molar-refractivity contribution in [1.82, 2.24) is 5.32 Å². The Morgan fingerprint density at radius 2 is 1.90 bits per heavy atom. The molecule has 0 radical (unpaired) electrons. The molecule has 0 fully saturated rings. The first kappa shape index (κ1) is 14.4. The van der Waals surface area contributed by atoms with Crippen molar-refractivity contribution in [3.8, 4) is 11.5 Å². The molecule has 3 nitrogen and oxygen atoms in total. The molecule has 1 aromatic carbocycles. The van der Waals surface area contributed by atoms with Crippen molar-refractivity contribution in [3.05, 3.63) is 43.0 Å². The number of hydrogen-bond donors (Lipinski definition) is 1. The predicted molar refractivity (Wildman–Crippen MR) is 88.1 cm³/mol.